The molecular weight excluding hydrogens is 321 g/mol. The van der Waals surface area contributed by atoms with Crippen molar-refractivity contribution in [2.75, 3.05) is 5.32 Å². The first kappa shape index (κ1) is 13.9. The fourth-order valence-corrected chi connectivity index (χ4v) is 1.84. The molecule has 0 saturated carbocycles. The Morgan fingerprint density at radius 1 is 1.11 bits per heavy atom. The summed E-state index contributed by atoms with van der Waals surface area (Å²) in [6, 6.07) is 9.78. The van der Waals surface area contributed by atoms with E-state index in [1.54, 1.807) is 30.5 Å². The van der Waals surface area contributed by atoms with Gasteiger partial charge in [-0.3, -0.25) is 0 Å². The third kappa shape index (κ3) is 4.55. The molecule has 0 aliphatic carbocycles. The summed E-state index contributed by atoms with van der Waals surface area (Å²) in [5.41, 5.74) is 1.54. The van der Waals surface area contributed by atoms with Crippen LogP contribution in [-0.2, 0) is 6.42 Å². The molecule has 0 aliphatic heterocycles. The molecule has 0 bridgehead atoms. The lowest BCUT2D eigenvalue weighted by atomic mass is 10.1. The second-order valence-corrected chi connectivity index (χ2v) is 4.80. The number of halogens is 4. The van der Waals surface area contributed by atoms with Crippen molar-refractivity contribution in [1.82, 2.24) is 4.98 Å². The van der Waals surface area contributed by atoms with Crippen molar-refractivity contribution in [2.45, 2.75) is 12.6 Å². The van der Waals surface area contributed by atoms with Gasteiger partial charge in [0.15, 0.2) is 0 Å². The Labute approximate surface area is 116 Å². The van der Waals surface area contributed by atoms with Crippen LogP contribution in [0.25, 0.3) is 0 Å². The molecule has 0 spiro atoms. The molecule has 1 aromatic carbocycles. The lowest BCUT2D eigenvalue weighted by Crippen LogP contribution is -2.11. The number of pyridine rings is 1. The number of hydrogen-bond acceptors (Lipinski definition) is 2. The smallest absolute Gasteiger partial charge is 0.354 e. The number of nitrogens with zero attached hydrogens (tertiary/aromatic N) is 1. The summed E-state index contributed by atoms with van der Waals surface area (Å²) in [4.78, 5) is 4.03. The molecule has 6 heteroatoms. The highest BCUT2D eigenvalue weighted by Crippen LogP contribution is 2.24. The fourth-order valence-electron chi connectivity index (χ4n) is 1.61. The molecule has 2 nitrogen and oxygen atoms in total. The summed E-state index contributed by atoms with van der Waals surface area (Å²) in [6.07, 6.45) is -3.53. The summed E-state index contributed by atoms with van der Waals surface area (Å²) < 4.78 is 37.6. The summed E-state index contributed by atoms with van der Waals surface area (Å²) >= 11 is 3.21. The van der Waals surface area contributed by atoms with Gasteiger partial charge in [0.1, 0.15) is 4.60 Å². The van der Waals surface area contributed by atoms with Crippen molar-refractivity contribution < 1.29 is 13.2 Å². The van der Waals surface area contributed by atoms with Crippen LogP contribution in [0, 0.1) is 0 Å². The fraction of sp³-hybridized carbons (Fsp3) is 0.154. The number of hydrogen-bond donors (Lipinski definition) is 1. The maximum atomic E-state index is 12.3. The van der Waals surface area contributed by atoms with Crippen molar-refractivity contribution in [1.29, 1.82) is 0 Å². The molecule has 0 saturated heterocycles. The zero-order chi connectivity index (χ0) is 13.9. The van der Waals surface area contributed by atoms with Crippen LogP contribution < -0.4 is 5.32 Å². The van der Waals surface area contributed by atoms with E-state index in [0.29, 0.717) is 16.0 Å². The van der Waals surface area contributed by atoms with E-state index in [9.17, 15) is 13.2 Å². The molecule has 0 radical (unpaired) electrons. The molecular formula is C13H10BrF3N2. The van der Waals surface area contributed by atoms with Crippen LogP contribution in [0.2, 0.25) is 0 Å². The Hall–Kier alpha value is -1.56. The van der Waals surface area contributed by atoms with E-state index in [0.717, 1.165) is 0 Å². The van der Waals surface area contributed by atoms with Crippen molar-refractivity contribution in [2.24, 2.45) is 0 Å². The summed E-state index contributed by atoms with van der Waals surface area (Å²) in [5.74, 6) is 0. The van der Waals surface area contributed by atoms with Crippen LogP contribution in [0.15, 0.2) is 47.2 Å². The molecule has 1 heterocycles. The minimum absolute atomic E-state index is 0.225. The van der Waals surface area contributed by atoms with Gasteiger partial charge >= 0.3 is 6.18 Å². The van der Waals surface area contributed by atoms with Crippen molar-refractivity contribution in [3.8, 4) is 0 Å². The van der Waals surface area contributed by atoms with Gasteiger partial charge in [-0.25, -0.2) is 4.98 Å². The lowest BCUT2D eigenvalue weighted by molar-refractivity contribution is -0.127. The van der Waals surface area contributed by atoms with E-state index in [1.165, 1.54) is 12.1 Å². The van der Waals surface area contributed by atoms with Gasteiger partial charge in [-0.15, -0.1) is 0 Å². The van der Waals surface area contributed by atoms with Crippen LogP contribution in [0.4, 0.5) is 24.5 Å². The van der Waals surface area contributed by atoms with Gasteiger partial charge in [0, 0.05) is 5.69 Å². The molecule has 0 atom stereocenters. The molecule has 2 aromatic rings. The molecule has 100 valence electrons. The Kier molecular flexibility index (Phi) is 4.09. The Bertz CT molecular complexity index is 553. The van der Waals surface area contributed by atoms with Crippen LogP contribution in [0.3, 0.4) is 0 Å². The van der Waals surface area contributed by atoms with Crippen molar-refractivity contribution in [3.05, 3.63) is 52.8 Å². The van der Waals surface area contributed by atoms with E-state index < -0.39 is 12.6 Å². The van der Waals surface area contributed by atoms with Gasteiger partial charge in [-0.2, -0.15) is 13.2 Å². The maximum Gasteiger partial charge on any atom is 0.393 e. The van der Waals surface area contributed by atoms with E-state index in [2.05, 4.69) is 26.2 Å². The van der Waals surface area contributed by atoms with Crippen molar-refractivity contribution >= 4 is 27.3 Å². The van der Waals surface area contributed by atoms with E-state index in [-0.39, 0.29) is 5.56 Å². The lowest BCUT2D eigenvalue weighted by Gasteiger charge is -2.10. The number of benzene rings is 1. The van der Waals surface area contributed by atoms with Gasteiger partial charge in [0.05, 0.1) is 18.3 Å². The molecule has 0 unspecified atom stereocenters. The topological polar surface area (TPSA) is 24.9 Å². The standard InChI is InChI=1S/C13H10BrF3N2/c14-12-5-4-11(8-18-12)19-10-3-1-2-9(6-10)7-13(15,16)17/h1-6,8,19H,7H2. The van der Waals surface area contributed by atoms with E-state index in [1.807, 2.05) is 0 Å². The van der Waals surface area contributed by atoms with Gasteiger partial charge in [0.25, 0.3) is 0 Å². The predicted molar refractivity (Wildman–Crippen MR) is 71.4 cm³/mol. The summed E-state index contributed by atoms with van der Waals surface area (Å²) in [7, 11) is 0. The van der Waals surface area contributed by atoms with E-state index >= 15 is 0 Å². The molecule has 2 rings (SSSR count). The average molecular weight is 331 g/mol. The molecule has 0 fully saturated rings. The Balaban J connectivity index is 2.13. The highest BCUT2D eigenvalue weighted by atomic mass is 79.9. The zero-order valence-electron chi connectivity index (χ0n) is 9.71. The van der Waals surface area contributed by atoms with Crippen molar-refractivity contribution in [3.63, 3.8) is 0 Å². The van der Waals surface area contributed by atoms with Crippen LogP contribution in [0.5, 0.6) is 0 Å². The first-order chi connectivity index (χ1) is 8.92. The minimum atomic E-state index is -4.20. The van der Waals surface area contributed by atoms with E-state index in [4.69, 9.17) is 0 Å². The number of anilines is 2. The maximum absolute atomic E-state index is 12.3. The first-order valence-electron chi connectivity index (χ1n) is 5.47. The minimum Gasteiger partial charge on any atom is -0.354 e. The third-order valence-corrected chi connectivity index (χ3v) is 2.82. The average Bonchev–Trinajstić information content (AvgIpc) is 2.30. The predicted octanol–water partition coefficient (Wildman–Crippen LogP) is 4.69. The SMILES string of the molecule is FC(F)(F)Cc1cccc(Nc2ccc(Br)nc2)c1. The summed E-state index contributed by atoms with van der Waals surface area (Å²) in [5, 5.41) is 3.01. The highest BCUT2D eigenvalue weighted by molar-refractivity contribution is 9.10. The van der Waals surface area contributed by atoms with Crippen LogP contribution in [-0.4, -0.2) is 11.2 Å². The molecule has 19 heavy (non-hydrogen) atoms. The number of aromatic nitrogens is 1. The Morgan fingerprint density at radius 2 is 1.89 bits per heavy atom. The van der Waals surface area contributed by atoms with Gasteiger partial charge < -0.3 is 5.32 Å². The van der Waals surface area contributed by atoms with Crippen LogP contribution >= 0.6 is 15.9 Å². The Morgan fingerprint density at radius 3 is 2.53 bits per heavy atom. The van der Waals surface area contributed by atoms with Gasteiger partial charge in [-0.1, -0.05) is 12.1 Å². The molecule has 1 N–H and O–H groups in total. The third-order valence-electron chi connectivity index (χ3n) is 2.35. The van der Waals surface area contributed by atoms with Gasteiger partial charge in [-0.05, 0) is 45.8 Å². The second-order valence-electron chi connectivity index (χ2n) is 3.99. The molecule has 1 aromatic heterocycles. The van der Waals surface area contributed by atoms with Crippen LogP contribution in [0.1, 0.15) is 5.56 Å². The quantitative estimate of drug-likeness (QED) is 0.825. The summed E-state index contributed by atoms with van der Waals surface area (Å²) in [6.45, 7) is 0. The second kappa shape index (κ2) is 5.61. The normalized spacial score (nSPS) is 11.4. The molecule has 0 aliphatic rings. The largest absolute Gasteiger partial charge is 0.393 e. The zero-order valence-corrected chi connectivity index (χ0v) is 11.3. The number of nitrogens with one attached hydrogen (secondary N) is 1. The molecule has 0 amide bonds. The highest BCUT2D eigenvalue weighted by Gasteiger charge is 2.27. The number of rotatable bonds is 3. The monoisotopic (exact) mass is 330 g/mol. The number of alkyl halides is 3. The van der Waals surface area contributed by atoms with Gasteiger partial charge in [0.2, 0.25) is 0 Å². The first-order valence-corrected chi connectivity index (χ1v) is 6.26.